The molecule has 2 N–H and O–H groups in total. The van der Waals surface area contributed by atoms with Crippen LogP contribution in [0.5, 0.6) is 0 Å². The number of anilines is 1. The van der Waals surface area contributed by atoms with E-state index in [1.807, 2.05) is 0 Å². The van der Waals surface area contributed by atoms with E-state index in [4.69, 9.17) is 0 Å². The third-order valence-electron chi connectivity index (χ3n) is 4.77. The number of hydrogen-bond acceptors (Lipinski definition) is 4. The van der Waals surface area contributed by atoms with Crippen LogP contribution in [0.3, 0.4) is 0 Å². The van der Waals surface area contributed by atoms with Crippen LogP contribution in [0.25, 0.3) is 0 Å². The molecule has 0 saturated carbocycles. The zero-order valence-corrected chi connectivity index (χ0v) is 15.4. The van der Waals surface area contributed by atoms with E-state index >= 15 is 0 Å². The summed E-state index contributed by atoms with van der Waals surface area (Å²) < 4.78 is 17.4. The first-order valence-corrected chi connectivity index (χ1v) is 9.41. The largest absolute Gasteiger partial charge is 0.331 e. The first-order valence-electron chi connectivity index (χ1n) is 9.41. The summed E-state index contributed by atoms with van der Waals surface area (Å²) in [6.07, 6.45) is 7.54. The van der Waals surface area contributed by atoms with Gasteiger partial charge in [-0.15, -0.1) is 10.2 Å². The fourth-order valence-corrected chi connectivity index (χ4v) is 3.33. The molecule has 1 aromatic carbocycles. The fourth-order valence-electron chi connectivity index (χ4n) is 3.33. The number of urea groups is 1. The Morgan fingerprint density at radius 1 is 1.18 bits per heavy atom. The molecule has 1 aliphatic heterocycles. The highest BCUT2D eigenvalue weighted by Gasteiger charge is 2.15. The van der Waals surface area contributed by atoms with Gasteiger partial charge in [0.25, 0.3) is 0 Å². The summed E-state index contributed by atoms with van der Waals surface area (Å²) in [7, 11) is 0. The number of nitrogens with zero attached hydrogens (tertiary/aromatic N) is 5. The van der Waals surface area contributed by atoms with Crippen LogP contribution in [0.2, 0.25) is 0 Å². The molecule has 9 heteroatoms. The maximum absolute atomic E-state index is 13.7. The third kappa shape index (κ3) is 4.19. The number of carbonyl (C=O) groups excluding carboxylic acids is 1. The van der Waals surface area contributed by atoms with Crippen molar-refractivity contribution in [2.45, 2.75) is 45.3 Å². The van der Waals surface area contributed by atoms with Crippen LogP contribution in [0, 0.1) is 5.82 Å². The van der Waals surface area contributed by atoms with Gasteiger partial charge in [-0.25, -0.2) is 9.18 Å². The molecule has 2 amide bonds. The monoisotopic (exact) mass is 383 g/mol. The molecule has 2 aromatic heterocycles. The maximum Gasteiger partial charge on any atom is 0.319 e. The van der Waals surface area contributed by atoms with Crippen LogP contribution in [-0.2, 0) is 26.1 Å². The van der Waals surface area contributed by atoms with Crippen LogP contribution in [0.4, 0.5) is 14.9 Å². The first-order chi connectivity index (χ1) is 13.7. The van der Waals surface area contributed by atoms with Crippen molar-refractivity contribution in [1.29, 1.82) is 0 Å². The second-order valence-electron chi connectivity index (χ2n) is 6.82. The molecule has 0 radical (unpaired) electrons. The quantitative estimate of drug-likeness (QED) is 0.709. The number of halogens is 1. The van der Waals surface area contributed by atoms with Crippen molar-refractivity contribution in [3.63, 3.8) is 0 Å². The van der Waals surface area contributed by atoms with Crippen molar-refractivity contribution >= 4 is 11.7 Å². The van der Waals surface area contributed by atoms with Crippen molar-refractivity contribution < 1.29 is 9.18 Å². The topological polar surface area (TPSA) is 89.7 Å². The Hall–Kier alpha value is -3.23. The van der Waals surface area contributed by atoms with E-state index in [0.717, 1.165) is 37.5 Å². The Balaban J connectivity index is 1.32. The SMILES string of the molecule is O=C(NCc1nnc2n1CCCCC2)Nc1cnn(Cc2ccccc2F)c1. The van der Waals surface area contributed by atoms with Crippen molar-refractivity contribution in [2.75, 3.05) is 5.32 Å². The summed E-state index contributed by atoms with van der Waals surface area (Å²) in [5.74, 6) is 1.48. The molecule has 0 atom stereocenters. The summed E-state index contributed by atoms with van der Waals surface area (Å²) in [6.45, 7) is 1.49. The molecule has 0 aliphatic carbocycles. The summed E-state index contributed by atoms with van der Waals surface area (Å²) in [4.78, 5) is 12.2. The highest BCUT2D eigenvalue weighted by atomic mass is 19.1. The van der Waals surface area contributed by atoms with Gasteiger partial charge in [-0.3, -0.25) is 4.68 Å². The Kier molecular flexibility index (Phi) is 5.31. The molecular weight excluding hydrogens is 361 g/mol. The Labute approximate surface area is 161 Å². The minimum atomic E-state index is -0.351. The van der Waals surface area contributed by atoms with E-state index in [9.17, 15) is 9.18 Å². The number of nitrogens with one attached hydrogen (secondary N) is 2. The lowest BCUT2D eigenvalue weighted by atomic mass is 10.2. The lowest BCUT2D eigenvalue weighted by molar-refractivity contribution is 0.251. The molecule has 0 fully saturated rings. The average molecular weight is 383 g/mol. The molecule has 0 saturated heterocycles. The molecule has 28 heavy (non-hydrogen) atoms. The van der Waals surface area contributed by atoms with Crippen molar-refractivity contribution in [1.82, 2.24) is 29.9 Å². The molecule has 0 unspecified atom stereocenters. The smallest absolute Gasteiger partial charge is 0.319 e. The number of rotatable bonds is 5. The van der Waals surface area contributed by atoms with E-state index in [0.29, 0.717) is 24.3 Å². The summed E-state index contributed by atoms with van der Waals surface area (Å²) in [6, 6.07) is 6.19. The second-order valence-corrected chi connectivity index (χ2v) is 6.82. The van der Waals surface area contributed by atoms with Crippen LogP contribution < -0.4 is 10.6 Å². The molecule has 3 aromatic rings. The van der Waals surface area contributed by atoms with Gasteiger partial charge in [0.05, 0.1) is 25.0 Å². The van der Waals surface area contributed by atoms with Gasteiger partial charge in [0.15, 0.2) is 5.82 Å². The predicted molar refractivity (Wildman–Crippen MR) is 101 cm³/mol. The Bertz CT molecular complexity index is 965. The maximum atomic E-state index is 13.7. The lowest BCUT2D eigenvalue weighted by Gasteiger charge is -2.08. The van der Waals surface area contributed by atoms with Gasteiger partial charge >= 0.3 is 6.03 Å². The van der Waals surface area contributed by atoms with E-state index in [1.54, 1.807) is 29.1 Å². The van der Waals surface area contributed by atoms with Gasteiger partial charge in [0, 0.05) is 24.7 Å². The number of amides is 2. The van der Waals surface area contributed by atoms with Crippen LogP contribution >= 0.6 is 0 Å². The lowest BCUT2D eigenvalue weighted by Crippen LogP contribution is -2.29. The van der Waals surface area contributed by atoms with E-state index in [1.165, 1.54) is 18.7 Å². The normalized spacial score (nSPS) is 13.6. The van der Waals surface area contributed by atoms with Gasteiger partial charge in [0.2, 0.25) is 0 Å². The van der Waals surface area contributed by atoms with Gasteiger partial charge < -0.3 is 15.2 Å². The van der Waals surface area contributed by atoms with Crippen LogP contribution in [0.15, 0.2) is 36.7 Å². The molecule has 8 nitrogen and oxygen atoms in total. The summed E-state index contributed by atoms with van der Waals surface area (Å²) in [5, 5.41) is 18.1. The van der Waals surface area contributed by atoms with Crippen molar-refractivity contribution in [3.05, 3.63) is 59.7 Å². The number of carbonyl (C=O) groups is 1. The summed E-state index contributed by atoms with van der Waals surface area (Å²) >= 11 is 0. The van der Waals surface area contributed by atoms with Crippen LogP contribution in [0.1, 0.15) is 36.5 Å². The molecule has 4 rings (SSSR count). The fraction of sp³-hybridized carbons (Fsp3) is 0.368. The minimum Gasteiger partial charge on any atom is -0.331 e. The Morgan fingerprint density at radius 2 is 2.07 bits per heavy atom. The van der Waals surface area contributed by atoms with Gasteiger partial charge in [0.1, 0.15) is 11.6 Å². The first kappa shape index (κ1) is 18.1. The minimum absolute atomic E-state index is 0.280. The number of benzene rings is 1. The molecular formula is C19H22FN7O. The van der Waals surface area contributed by atoms with Crippen molar-refractivity contribution in [2.24, 2.45) is 0 Å². The van der Waals surface area contributed by atoms with E-state index in [2.05, 4.69) is 30.5 Å². The predicted octanol–water partition coefficient (Wildman–Crippen LogP) is 2.71. The zero-order valence-electron chi connectivity index (χ0n) is 15.4. The van der Waals surface area contributed by atoms with Crippen molar-refractivity contribution in [3.8, 4) is 0 Å². The standard InChI is InChI=1S/C19H22FN7O/c20-16-7-4-3-6-14(16)12-26-13-15(10-22-26)23-19(28)21-11-18-25-24-17-8-2-1-5-9-27(17)18/h3-4,6-7,10,13H,1-2,5,8-9,11-12H2,(H2,21,23,28). The molecule has 146 valence electrons. The second kappa shape index (κ2) is 8.20. The molecule has 0 spiro atoms. The number of aryl methyl sites for hydroxylation is 1. The summed E-state index contributed by atoms with van der Waals surface area (Å²) in [5.41, 5.74) is 1.07. The van der Waals surface area contributed by atoms with Gasteiger partial charge in [-0.05, 0) is 18.9 Å². The Morgan fingerprint density at radius 3 is 2.96 bits per heavy atom. The molecule has 3 heterocycles. The third-order valence-corrected chi connectivity index (χ3v) is 4.77. The highest BCUT2D eigenvalue weighted by molar-refractivity contribution is 5.88. The van der Waals surface area contributed by atoms with Gasteiger partial charge in [-0.2, -0.15) is 5.10 Å². The van der Waals surface area contributed by atoms with Gasteiger partial charge in [-0.1, -0.05) is 24.6 Å². The molecule has 0 bridgehead atoms. The zero-order chi connectivity index (χ0) is 19.3. The number of aromatic nitrogens is 5. The van der Waals surface area contributed by atoms with Crippen LogP contribution in [-0.4, -0.2) is 30.6 Å². The van der Waals surface area contributed by atoms with E-state index in [-0.39, 0.29) is 11.8 Å². The molecule has 1 aliphatic rings. The highest BCUT2D eigenvalue weighted by Crippen LogP contribution is 2.14. The average Bonchev–Trinajstić information content (AvgIpc) is 3.21. The number of hydrogen-bond donors (Lipinski definition) is 2. The number of fused-ring (bicyclic) bond motifs is 1. The van der Waals surface area contributed by atoms with E-state index < -0.39 is 0 Å².